The van der Waals surface area contributed by atoms with Crippen LogP contribution in [0.5, 0.6) is 0 Å². The SMILES string of the molecule is O=C1N(CC2CC2)CCC[C@]1(O)CNCc1ccc2sccc2c1. The molecule has 1 saturated carbocycles. The number of nitrogens with zero attached hydrogens (tertiary/aromatic N) is 1. The number of fused-ring (bicyclic) bond motifs is 1. The Balaban J connectivity index is 1.35. The smallest absolute Gasteiger partial charge is 0.255 e. The van der Waals surface area contributed by atoms with Gasteiger partial charge in [-0.1, -0.05) is 6.07 Å². The lowest BCUT2D eigenvalue weighted by molar-refractivity contribution is -0.156. The normalized spacial score (nSPS) is 24.7. The number of rotatable bonds is 6. The van der Waals surface area contributed by atoms with Crippen molar-refractivity contribution in [1.82, 2.24) is 10.2 Å². The number of aliphatic hydroxyl groups is 1. The van der Waals surface area contributed by atoms with Crippen LogP contribution in [-0.2, 0) is 11.3 Å². The van der Waals surface area contributed by atoms with Crippen LogP contribution in [0.2, 0.25) is 0 Å². The van der Waals surface area contributed by atoms with Crippen molar-refractivity contribution in [1.29, 1.82) is 0 Å². The highest BCUT2D eigenvalue weighted by molar-refractivity contribution is 7.17. The second kappa shape index (κ2) is 6.47. The highest BCUT2D eigenvalue weighted by atomic mass is 32.1. The number of carbonyl (C=O) groups is 1. The predicted octanol–water partition coefficient (Wildman–Crippen LogP) is 2.75. The largest absolute Gasteiger partial charge is 0.379 e. The minimum absolute atomic E-state index is 0.0820. The Kier molecular flexibility index (Phi) is 4.33. The van der Waals surface area contributed by atoms with E-state index in [0.29, 0.717) is 25.4 Å². The van der Waals surface area contributed by atoms with Crippen LogP contribution < -0.4 is 5.32 Å². The third-order valence-corrected chi connectivity index (χ3v) is 6.04. The Morgan fingerprint density at radius 3 is 3.04 bits per heavy atom. The van der Waals surface area contributed by atoms with E-state index in [0.717, 1.165) is 19.5 Å². The molecule has 0 spiro atoms. The monoisotopic (exact) mass is 344 g/mol. The highest BCUT2D eigenvalue weighted by Gasteiger charge is 2.43. The lowest BCUT2D eigenvalue weighted by Crippen LogP contribution is -2.58. The third-order valence-electron chi connectivity index (χ3n) is 5.14. The minimum atomic E-state index is -1.24. The van der Waals surface area contributed by atoms with Gasteiger partial charge in [-0.15, -0.1) is 11.3 Å². The van der Waals surface area contributed by atoms with Gasteiger partial charge in [-0.2, -0.15) is 0 Å². The van der Waals surface area contributed by atoms with Crippen molar-refractivity contribution in [3.8, 4) is 0 Å². The van der Waals surface area contributed by atoms with Crippen molar-refractivity contribution in [3.63, 3.8) is 0 Å². The molecule has 4 nitrogen and oxygen atoms in total. The van der Waals surface area contributed by atoms with E-state index in [1.54, 1.807) is 11.3 Å². The lowest BCUT2D eigenvalue weighted by atomic mass is 9.91. The molecule has 2 aliphatic rings. The highest BCUT2D eigenvalue weighted by Crippen LogP contribution is 2.32. The zero-order valence-corrected chi connectivity index (χ0v) is 14.6. The fourth-order valence-corrected chi connectivity index (χ4v) is 4.33. The van der Waals surface area contributed by atoms with Crippen molar-refractivity contribution in [2.75, 3.05) is 19.6 Å². The Morgan fingerprint density at radius 2 is 2.21 bits per heavy atom. The van der Waals surface area contributed by atoms with Crippen LogP contribution in [0.3, 0.4) is 0 Å². The molecule has 5 heteroatoms. The second-order valence-electron chi connectivity index (χ2n) is 7.23. The van der Waals surface area contributed by atoms with Crippen molar-refractivity contribution in [3.05, 3.63) is 35.2 Å². The molecule has 1 saturated heterocycles. The van der Waals surface area contributed by atoms with Crippen LogP contribution in [0.4, 0.5) is 0 Å². The molecule has 1 amide bonds. The van der Waals surface area contributed by atoms with Crippen LogP contribution in [0.15, 0.2) is 29.6 Å². The Hall–Kier alpha value is -1.43. The Labute approximate surface area is 146 Å². The fraction of sp³-hybridized carbons (Fsp3) is 0.526. The van der Waals surface area contributed by atoms with E-state index in [1.807, 2.05) is 4.90 Å². The van der Waals surface area contributed by atoms with E-state index in [1.165, 1.54) is 28.5 Å². The van der Waals surface area contributed by atoms with Gasteiger partial charge in [0.25, 0.3) is 5.91 Å². The number of nitrogens with one attached hydrogen (secondary N) is 1. The zero-order chi connectivity index (χ0) is 16.6. The summed E-state index contributed by atoms with van der Waals surface area (Å²) < 4.78 is 1.29. The first-order valence-electron chi connectivity index (χ1n) is 8.83. The molecule has 1 aliphatic heterocycles. The molecular weight excluding hydrogens is 320 g/mol. The molecule has 2 aromatic rings. The first-order valence-corrected chi connectivity index (χ1v) is 9.71. The number of benzene rings is 1. The molecule has 2 N–H and O–H groups in total. The van der Waals surface area contributed by atoms with E-state index in [-0.39, 0.29) is 5.91 Å². The molecule has 128 valence electrons. The van der Waals surface area contributed by atoms with Gasteiger partial charge in [0.05, 0.1) is 0 Å². The number of carbonyl (C=O) groups excluding carboxylic acids is 1. The molecule has 24 heavy (non-hydrogen) atoms. The lowest BCUT2D eigenvalue weighted by Gasteiger charge is -2.38. The summed E-state index contributed by atoms with van der Waals surface area (Å²) in [7, 11) is 0. The molecule has 2 heterocycles. The quantitative estimate of drug-likeness (QED) is 0.847. The summed E-state index contributed by atoms with van der Waals surface area (Å²) in [5, 5.41) is 17.5. The molecule has 1 aliphatic carbocycles. The summed E-state index contributed by atoms with van der Waals surface area (Å²) in [5.41, 5.74) is -0.0535. The second-order valence-corrected chi connectivity index (χ2v) is 8.17. The summed E-state index contributed by atoms with van der Waals surface area (Å²) in [6.07, 6.45) is 3.90. The van der Waals surface area contributed by atoms with Gasteiger partial charge in [0, 0.05) is 30.9 Å². The average Bonchev–Trinajstić information content (AvgIpc) is 3.26. The van der Waals surface area contributed by atoms with Gasteiger partial charge in [-0.05, 0) is 66.1 Å². The molecule has 1 aromatic heterocycles. The van der Waals surface area contributed by atoms with Gasteiger partial charge < -0.3 is 15.3 Å². The van der Waals surface area contributed by atoms with Crippen LogP contribution in [0, 0.1) is 5.92 Å². The van der Waals surface area contributed by atoms with Gasteiger partial charge >= 0.3 is 0 Å². The summed E-state index contributed by atoms with van der Waals surface area (Å²) >= 11 is 1.74. The minimum Gasteiger partial charge on any atom is -0.379 e. The van der Waals surface area contributed by atoms with Crippen molar-refractivity contribution in [2.24, 2.45) is 5.92 Å². The Bertz CT molecular complexity index is 740. The van der Waals surface area contributed by atoms with Crippen molar-refractivity contribution >= 4 is 27.3 Å². The predicted molar refractivity (Wildman–Crippen MR) is 97.0 cm³/mol. The van der Waals surface area contributed by atoms with Crippen LogP contribution in [-0.4, -0.2) is 41.1 Å². The molecular formula is C19H24N2O2S. The number of thiophene rings is 1. The van der Waals surface area contributed by atoms with E-state index >= 15 is 0 Å². The van der Waals surface area contributed by atoms with Crippen LogP contribution in [0.25, 0.3) is 10.1 Å². The first-order chi connectivity index (χ1) is 11.6. The van der Waals surface area contributed by atoms with Gasteiger partial charge in [0.2, 0.25) is 0 Å². The summed E-state index contributed by atoms with van der Waals surface area (Å²) in [5.74, 6) is 0.586. The van der Waals surface area contributed by atoms with Crippen LogP contribution >= 0.6 is 11.3 Å². The third kappa shape index (κ3) is 3.34. The maximum atomic E-state index is 12.6. The van der Waals surface area contributed by atoms with E-state index < -0.39 is 5.60 Å². The molecule has 2 fully saturated rings. The number of hydrogen-bond donors (Lipinski definition) is 2. The maximum Gasteiger partial charge on any atom is 0.255 e. The molecule has 0 radical (unpaired) electrons. The van der Waals surface area contributed by atoms with Gasteiger partial charge in [-0.25, -0.2) is 0 Å². The summed E-state index contributed by atoms with van der Waals surface area (Å²) in [4.78, 5) is 14.5. The molecule has 0 bridgehead atoms. The maximum absolute atomic E-state index is 12.6. The molecule has 4 rings (SSSR count). The van der Waals surface area contributed by atoms with Gasteiger partial charge in [0.15, 0.2) is 5.60 Å². The fourth-order valence-electron chi connectivity index (χ4n) is 3.56. The molecule has 0 unspecified atom stereocenters. The Morgan fingerprint density at radius 1 is 1.33 bits per heavy atom. The van der Waals surface area contributed by atoms with E-state index in [4.69, 9.17) is 0 Å². The first kappa shape index (κ1) is 16.1. The number of hydrogen-bond acceptors (Lipinski definition) is 4. The standard InChI is InChI=1S/C19H24N2O2S/c22-18-19(23,7-1-8-21(18)12-14-2-3-14)13-20-11-15-4-5-17-16(10-15)6-9-24-17/h4-6,9-10,14,20,23H,1-3,7-8,11-13H2/t19-/m0/s1. The van der Waals surface area contributed by atoms with Crippen molar-refractivity contribution in [2.45, 2.75) is 37.8 Å². The van der Waals surface area contributed by atoms with Gasteiger partial charge in [0.1, 0.15) is 0 Å². The zero-order valence-electron chi connectivity index (χ0n) is 13.8. The topological polar surface area (TPSA) is 52.6 Å². The number of likely N-dealkylation sites (tertiary alicyclic amines) is 1. The average molecular weight is 344 g/mol. The van der Waals surface area contributed by atoms with Crippen LogP contribution in [0.1, 0.15) is 31.2 Å². The number of amides is 1. The van der Waals surface area contributed by atoms with Gasteiger partial charge in [-0.3, -0.25) is 4.79 Å². The van der Waals surface area contributed by atoms with E-state index in [2.05, 4.69) is 35.0 Å². The molecule has 1 aromatic carbocycles. The molecule has 1 atom stereocenters. The summed E-state index contributed by atoms with van der Waals surface area (Å²) in [6.45, 7) is 2.63. The number of piperidine rings is 1. The summed E-state index contributed by atoms with van der Waals surface area (Å²) in [6, 6.07) is 8.54. The van der Waals surface area contributed by atoms with E-state index in [9.17, 15) is 9.90 Å². The van der Waals surface area contributed by atoms with Crippen molar-refractivity contribution < 1.29 is 9.90 Å².